The average molecular weight is 349 g/mol. The van der Waals surface area contributed by atoms with Crippen LogP contribution in [0.1, 0.15) is 22.3 Å². The van der Waals surface area contributed by atoms with E-state index >= 15 is 0 Å². The maximum atomic E-state index is 12.1. The Balaban J connectivity index is 1.74. The Morgan fingerprint density at radius 1 is 1.12 bits per heavy atom. The van der Waals surface area contributed by atoms with Crippen molar-refractivity contribution in [3.8, 4) is 11.3 Å². The van der Waals surface area contributed by atoms with E-state index in [1.54, 1.807) is 18.5 Å². The lowest BCUT2D eigenvalue weighted by atomic mass is 9.98. The van der Waals surface area contributed by atoms with Crippen LogP contribution in [-0.4, -0.2) is 15.9 Å². The molecule has 0 atom stereocenters. The van der Waals surface area contributed by atoms with Crippen LogP contribution in [0.15, 0.2) is 48.1 Å². The molecule has 0 aliphatic carbocycles. The van der Waals surface area contributed by atoms with Crippen molar-refractivity contribution in [1.82, 2.24) is 9.97 Å². The lowest BCUT2D eigenvalue weighted by molar-refractivity contribution is -0.111. The van der Waals surface area contributed by atoms with Crippen LogP contribution in [0.3, 0.4) is 0 Å². The zero-order chi connectivity index (χ0) is 17.8. The van der Waals surface area contributed by atoms with Gasteiger partial charge < -0.3 is 0 Å². The number of thiazole rings is 1. The number of aryl methyl sites for hydroxylation is 3. The highest BCUT2D eigenvalue weighted by atomic mass is 32.1. The number of benzene rings is 1. The Labute approximate surface area is 151 Å². The fourth-order valence-corrected chi connectivity index (χ4v) is 3.53. The van der Waals surface area contributed by atoms with E-state index in [0.717, 1.165) is 16.8 Å². The first kappa shape index (κ1) is 17.0. The number of nitrogens with one attached hydrogen (secondary N) is 1. The van der Waals surface area contributed by atoms with Gasteiger partial charge in [0.25, 0.3) is 0 Å². The summed E-state index contributed by atoms with van der Waals surface area (Å²) >= 11 is 1.43. The molecule has 0 unspecified atom stereocenters. The number of hydrogen-bond acceptors (Lipinski definition) is 4. The number of anilines is 1. The van der Waals surface area contributed by atoms with Crippen LogP contribution in [-0.2, 0) is 4.79 Å². The molecule has 0 saturated carbocycles. The van der Waals surface area contributed by atoms with Crippen molar-refractivity contribution in [2.75, 3.05) is 5.32 Å². The molecule has 1 aromatic carbocycles. The summed E-state index contributed by atoms with van der Waals surface area (Å²) in [5.41, 5.74) is 6.58. The van der Waals surface area contributed by atoms with Gasteiger partial charge in [-0.3, -0.25) is 15.1 Å². The molecule has 0 aliphatic rings. The molecule has 1 amide bonds. The number of pyridine rings is 1. The van der Waals surface area contributed by atoms with Crippen LogP contribution < -0.4 is 5.32 Å². The molecule has 5 heteroatoms. The minimum atomic E-state index is -0.199. The third-order valence-corrected chi connectivity index (χ3v) is 4.56. The van der Waals surface area contributed by atoms with Crippen LogP contribution in [0.5, 0.6) is 0 Å². The quantitative estimate of drug-likeness (QED) is 0.690. The highest BCUT2D eigenvalue weighted by Gasteiger charge is 2.11. The van der Waals surface area contributed by atoms with E-state index in [1.807, 2.05) is 17.5 Å². The van der Waals surface area contributed by atoms with Gasteiger partial charge in [-0.2, -0.15) is 0 Å². The zero-order valence-electron chi connectivity index (χ0n) is 14.4. The van der Waals surface area contributed by atoms with Crippen LogP contribution in [0.25, 0.3) is 17.3 Å². The second kappa shape index (κ2) is 7.40. The van der Waals surface area contributed by atoms with Gasteiger partial charge in [-0.1, -0.05) is 17.7 Å². The normalized spacial score (nSPS) is 11.0. The van der Waals surface area contributed by atoms with Crippen LogP contribution in [0.4, 0.5) is 5.13 Å². The van der Waals surface area contributed by atoms with E-state index in [-0.39, 0.29) is 5.91 Å². The SMILES string of the molecule is Cc1cc(C)c(-c2csc(NC(=O)/C=C/c3ccncc3)n2)c(C)c1. The molecule has 0 bridgehead atoms. The van der Waals surface area contributed by atoms with Crippen LogP contribution in [0.2, 0.25) is 0 Å². The average Bonchev–Trinajstić information content (AvgIpc) is 3.01. The largest absolute Gasteiger partial charge is 0.298 e. The fraction of sp³-hybridized carbons (Fsp3) is 0.150. The second-order valence-corrected chi connectivity index (χ2v) is 6.77. The zero-order valence-corrected chi connectivity index (χ0v) is 15.2. The summed E-state index contributed by atoms with van der Waals surface area (Å²) in [6.07, 6.45) is 6.63. The number of amides is 1. The van der Waals surface area contributed by atoms with Gasteiger partial charge in [0.05, 0.1) is 5.69 Å². The molecule has 3 rings (SSSR count). The molecule has 1 N–H and O–H groups in total. The lowest BCUT2D eigenvalue weighted by Gasteiger charge is -2.08. The summed E-state index contributed by atoms with van der Waals surface area (Å²) in [7, 11) is 0. The van der Waals surface area contributed by atoms with Gasteiger partial charge in [-0.25, -0.2) is 4.98 Å². The predicted molar refractivity (Wildman–Crippen MR) is 104 cm³/mol. The number of hydrogen-bond donors (Lipinski definition) is 1. The summed E-state index contributed by atoms with van der Waals surface area (Å²) in [5.74, 6) is -0.199. The van der Waals surface area contributed by atoms with Gasteiger partial charge in [-0.05, 0) is 55.7 Å². The first-order valence-electron chi connectivity index (χ1n) is 7.96. The Kier molecular flexibility index (Phi) is 5.05. The van der Waals surface area contributed by atoms with Crippen molar-refractivity contribution < 1.29 is 4.79 Å². The van der Waals surface area contributed by atoms with E-state index < -0.39 is 0 Å². The topological polar surface area (TPSA) is 54.9 Å². The Hall–Kier alpha value is -2.79. The highest BCUT2D eigenvalue weighted by Crippen LogP contribution is 2.31. The molecule has 0 spiro atoms. The van der Waals surface area contributed by atoms with Gasteiger partial charge in [0.15, 0.2) is 5.13 Å². The van der Waals surface area contributed by atoms with E-state index in [9.17, 15) is 4.79 Å². The maximum absolute atomic E-state index is 12.1. The summed E-state index contributed by atoms with van der Waals surface area (Å²) in [6.45, 7) is 6.26. The summed E-state index contributed by atoms with van der Waals surface area (Å²) in [6, 6.07) is 7.98. The van der Waals surface area contributed by atoms with Crippen molar-refractivity contribution in [2.24, 2.45) is 0 Å². The Morgan fingerprint density at radius 2 is 1.80 bits per heavy atom. The standard InChI is InChI=1S/C20H19N3OS/c1-13-10-14(2)19(15(3)11-13)17-12-25-20(22-17)23-18(24)5-4-16-6-8-21-9-7-16/h4-12H,1-3H3,(H,22,23,24)/b5-4+. The molecule has 126 valence electrons. The lowest BCUT2D eigenvalue weighted by Crippen LogP contribution is -2.07. The van der Waals surface area contributed by atoms with Crippen molar-refractivity contribution in [3.05, 3.63) is 70.4 Å². The van der Waals surface area contributed by atoms with Gasteiger partial charge in [0.1, 0.15) is 0 Å². The Morgan fingerprint density at radius 3 is 2.48 bits per heavy atom. The van der Waals surface area contributed by atoms with Gasteiger partial charge in [0.2, 0.25) is 5.91 Å². The highest BCUT2D eigenvalue weighted by molar-refractivity contribution is 7.14. The van der Waals surface area contributed by atoms with Crippen molar-refractivity contribution in [1.29, 1.82) is 0 Å². The number of nitrogens with zero attached hydrogens (tertiary/aromatic N) is 2. The maximum Gasteiger partial charge on any atom is 0.250 e. The second-order valence-electron chi connectivity index (χ2n) is 5.91. The van der Waals surface area contributed by atoms with Crippen LogP contribution >= 0.6 is 11.3 Å². The molecule has 4 nitrogen and oxygen atoms in total. The first-order valence-corrected chi connectivity index (χ1v) is 8.84. The van der Waals surface area contributed by atoms with Gasteiger partial charge in [-0.15, -0.1) is 11.3 Å². The van der Waals surface area contributed by atoms with E-state index in [0.29, 0.717) is 5.13 Å². The summed E-state index contributed by atoms with van der Waals surface area (Å²) in [4.78, 5) is 20.6. The number of aromatic nitrogens is 2. The summed E-state index contributed by atoms with van der Waals surface area (Å²) in [5, 5.41) is 5.39. The van der Waals surface area contributed by atoms with Crippen molar-refractivity contribution in [2.45, 2.75) is 20.8 Å². The minimum Gasteiger partial charge on any atom is -0.298 e. The smallest absolute Gasteiger partial charge is 0.250 e. The molecule has 0 radical (unpaired) electrons. The first-order chi connectivity index (χ1) is 12.0. The third kappa shape index (κ3) is 4.19. The monoisotopic (exact) mass is 349 g/mol. The van der Waals surface area contributed by atoms with Gasteiger partial charge in [0, 0.05) is 29.4 Å². The fourth-order valence-electron chi connectivity index (χ4n) is 2.82. The minimum absolute atomic E-state index is 0.199. The van der Waals surface area contributed by atoms with Crippen molar-refractivity contribution in [3.63, 3.8) is 0 Å². The van der Waals surface area contributed by atoms with Crippen LogP contribution in [0, 0.1) is 20.8 Å². The number of carbonyl (C=O) groups is 1. The van der Waals surface area contributed by atoms with Crippen molar-refractivity contribution >= 4 is 28.5 Å². The molecule has 0 saturated heterocycles. The van der Waals surface area contributed by atoms with E-state index in [1.165, 1.54) is 34.1 Å². The van der Waals surface area contributed by atoms with E-state index in [2.05, 4.69) is 48.2 Å². The number of rotatable bonds is 4. The number of carbonyl (C=O) groups excluding carboxylic acids is 1. The summed E-state index contributed by atoms with van der Waals surface area (Å²) < 4.78 is 0. The molecule has 25 heavy (non-hydrogen) atoms. The molecule has 3 aromatic rings. The molecular weight excluding hydrogens is 330 g/mol. The Bertz CT molecular complexity index is 906. The predicted octanol–water partition coefficient (Wildman–Crippen LogP) is 4.78. The molecule has 0 aliphatic heterocycles. The molecule has 0 fully saturated rings. The third-order valence-electron chi connectivity index (χ3n) is 3.80. The molecule has 2 heterocycles. The molecular formula is C20H19N3OS. The van der Waals surface area contributed by atoms with Gasteiger partial charge >= 0.3 is 0 Å². The van der Waals surface area contributed by atoms with E-state index in [4.69, 9.17) is 0 Å². The molecule has 2 aromatic heterocycles.